The van der Waals surface area contributed by atoms with Crippen molar-refractivity contribution in [3.8, 4) is 11.1 Å². The maximum atomic E-state index is 6.57. The van der Waals surface area contributed by atoms with Gasteiger partial charge in [0.25, 0.3) is 5.78 Å². The number of piperidine rings is 1. The highest BCUT2D eigenvalue weighted by Gasteiger charge is 2.28. The van der Waals surface area contributed by atoms with E-state index < -0.39 is 0 Å². The second-order valence-electron chi connectivity index (χ2n) is 6.51. The zero-order valence-corrected chi connectivity index (χ0v) is 16.9. The highest BCUT2D eigenvalue weighted by Crippen LogP contribution is 2.45. The summed E-state index contributed by atoms with van der Waals surface area (Å²) in [6, 6.07) is 3.30. The van der Waals surface area contributed by atoms with E-state index in [4.69, 9.17) is 46.4 Å². The first-order valence-electron chi connectivity index (χ1n) is 8.24. The van der Waals surface area contributed by atoms with Crippen LogP contribution in [-0.2, 0) is 0 Å². The van der Waals surface area contributed by atoms with Crippen LogP contribution in [0, 0.1) is 5.92 Å². The number of anilines is 1. The fourth-order valence-corrected chi connectivity index (χ4v) is 4.73. The van der Waals surface area contributed by atoms with Gasteiger partial charge in [-0.15, -0.1) is 0 Å². The SMILES string of the molecule is CC1CCCN(c2c(-c3c(Cl)cc(Cl)cc3Cl)c(Cl)nc3ncnn23)C1. The average Bonchev–Trinajstić information content (AvgIpc) is 3.01. The topological polar surface area (TPSA) is 46.3 Å². The van der Waals surface area contributed by atoms with Crippen LogP contribution in [0.3, 0.4) is 0 Å². The Balaban J connectivity index is 2.03. The normalized spacial score (nSPS) is 17.9. The van der Waals surface area contributed by atoms with Crippen LogP contribution in [0.5, 0.6) is 0 Å². The van der Waals surface area contributed by atoms with Gasteiger partial charge >= 0.3 is 0 Å². The van der Waals surface area contributed by atoms with Crippen molar-refractivity contribution < 1.29 is 0 Å². The Morgan fingerprint density at radius 3 is 2.50 bits per heavy atom. The van der Waals surface area contributed by atoms with Gasteiger partial charge in [0.15, 0.2) is 0 Å². The molecule has 0 aliphatic carbocycles. The largest absolute Gasteiger partial charge is 0.356 e. The molecule has 1 saturated heterocycles. The Morgan fingerprint density at radius 2 is 1.81 bits per heavy atom. The Labute approximate surface area is 170 Å². The van der Waals surface area contributed by atoms with Crippen LogP contribution < -0.4 is 4.90 Å². The fourth-order valence-electron chi connectivity index (χ4n) is 3.47. The predicted octanol–water partition coefficient (Wildman–Crippen LogP) is 5.64. The van der Waals surface area contributed by atoms with Gasteiger partial charge in [-0.2, -0.15) is 19.6 Å². The lowest BCUT2D eigenvalue weighted by Crippen LogP contribution is -2.36. The Kier molecular flexibility index (Phi) is 4.90. The summed E-state index contributed by atoms with van der Waals surface area (Å²) in [6.07, 6.45) is 3.73. The van der Waals surface area contributed by atoms with Crippen LogP contribution in [0.2, 0.25) is 20.2 Å². The summed E-state index contributed by atoms with van der Waals surface area (Å²) in [7, 11) is 0. The molecular weight excluding hydrogens is 416 g/mol. The van der Waals surface area contributed by atoms with Crippen molar-refractivity contribution in [2.24, 2.45) is 5.92 Å². The van der Waals surface area contributed by atoms with Crippen molar-refractivity contribution >= 4 is 58.0 Å². The Hall–Kier alpha value is -1.27. The average molecular weight is 431 g/mol. The van der Waals surface area contributed by atoms with Crippen molar-refractivity contribution in [3.05, 3.63) is 38.7 Å². The zero-order chi connectivity index (χ0) is 18.4. The monoisotopic (exact) mass is 429 g/mol. The molecule has 136 valence electrons. The van der Waals surface area contributed by atoms with Crippen LogP contribution in [0.25, 0.3) is 16.9 Å². The molecule has 9 heteroatoms. The lowest BCUT2D eigenvalue weighted by atomic mass is 9.99. The van der Waals surface area contributed by atoms with Gasteiger partial charge in [0.2, 0.25) is 0 Å². The van der Waals surface area contributed by atoms with E-state index in [2.05, 4.69) is 26.9 Å². The third-order valence-electron chi connectivity index (χ3n) is 4.57. The number of nitrogens with zero attached hydrogens (tertiary/aromatic N) is 5. The van der Waals surface area contributed by atoms with E-state index in [1.54, 1.807) is 16.6 Å². The summed E-state index contributed by atoms with van der Waals surface area (Å²) in [5.41, 5.74) is 1.24. The first kappa shape index (κ1) is 18.1. The molecule has 0 saturated carbocycles. The van der Waals surface area contributed by atoms with Crippen molar-refractivity contribution in [3.63, 3.8) is 0 Å². The lowest BCUT2D eigenvalue weighted by molar-refractivity contribution is 0.443. The molecule has 1 aliphatic heterocycles. The van der Waals surface area contributed by atoms with Gasteiger partial charge in [-0.05, 0) is 30.9 Å². The molecule has 1 atom stereocenters. The lowest BCUT2D eigenvalue weighted by Gasteiger charge is -2.34. The van der Waals surface area contributed by atoms with Gasteiger partial charge in [-0.25, -0.2) is 0 Å². The maximum absolute atomic E-state index is 6.57. The number of fused-ring (bicyclic) bond motifs is 1. The van der Waals surface area contributed by atoms with Gasteiger partial charge in [0, 0.05) is 23.7 Å². The molecular formula is C17H15Cl4N5. The van der Waals surface area contributed by atoms with E-state index in [1.807, 2.05) is 0 Å². The molecule has 0 spiro atoms. The number of benzene rings is 1. The molecule has 0 N–H and O–H groups in total. The van der Waals surface area contributed by atoms with E-state index in [-0.39, 0.29) is 5.15 Å². The fraction of sp³-hybridized carbons (Fsp3) is 0.353. The molecule has 1 aromatic carbocycles. The number of halogens is 4. The summed E-state index contributed by atoms with van der Waals surface area (Å²) < 4.78 is 1.69. The second kappa shape index (κ2) is 7.04. The standard InChI is InChI=1S/C17H15Cl4N5/c1-9-3-2-4-25(7-9)16-14(13-11(19)5-10(18)6-12(13)20)15(21)24-17-22-8-23-26(16)17/h5-6,8-9H,2-4,7H2,1H3. The molecule has 3 aromatic rings. The first-order chi connectivity index (χ1) is 12.5. The van der Waals surface area contributed by atoms with E-state index >= 15 is 0 Å². The van der Waals surface area contributed by atoms with Gasteiger partial charge in [0.1, 0.15) is 17.3 Å². The maximum Gasteiger partial charge on any atom is 0.255 e. The van der Waals surface area contributed by atoms with Gasteiger partial charge in [-0.3, -0.25) is 0 Å². The van der Waals surface area contributed by atoms with E-state index in [9.17, 15) is 0 Å². The van der Waals surface area contributed by atoms with E-state index in [0.717, 1.165) is 25.3 Å². The summed E-state index contributed by atoms with van der Waals surface area (Å²) in [5.74, 6) is 1.79. The smallest absolute Gasteiger partial charge is 0.255 e. The summed E-state index contributed by atoms with van der Waals surface area (Å²) in [6.45, 7) is 4.00. The van der Waals surface area contributed by atoms with E-state index in [0.29, 0.717) is 37.9 Å². The second-order valence-corrected chi connectivity index (χ2v) is 8.12. The van der Waals surface area contributed by atoms with Gasteiger partial charge in [0.05, 0.1) is 15.6 Å². The van der Waals surface area contributed by atoms with Crippen molar-refractivity contribution in [2.75, 3.05) is 18.0 Å². The Bertz CT molecular complexity index is 964. The first-order valence-corrected chi connectivity index (χ1v) is 9.76. The van der Waals surface area contributed by atoms with Gasteiger partial charge in [-0.1, -0.05) is 53.3 Å². The third kappa shape index (κ3) is 3.11. The summed E-state index contributed by atoms with van der Waals surface area (Å²) in [5, 5.41) is 5.92. The third-order valence-corrected chi connectivity index (χ3v) is 5.66. The molecule has 26 heavy (non-hydrogen) atoms. The molecule has 4 rings (SSSR count). The molecule has 1 unspecified atom stereocenters. The van der Waals surface area contributed by atoms with Crippen LogP contribution in [0.1, 0.15) is 19.8 Å². The quantitative estimate of drug-likeness (QED) is 0.493. The summed E-state index contributed by atoms with van der Waals surface area (Å²) >= 11 is 25.6. The van der Waals surface area contributed by atoms with Crippen molar-refractivity contribution in [2.45, 2.75) is 19.8 Å². The number of hydrogen-bond donors (Lipinski definition) is 0. The molecule has 0 amide bonds. The predicted molar refractivity (Wildman–Crippen MR) is 107 cm³/mol. The van der Waals surface area contributed by atoms with Crippen LogP contribution >= 0.6 is 46.4 Å². The van der Waals surface area contributed by atoms with Crippen LogP contribution in [0.4, 0.5) is 5.82 Å². The Morgan fingerprint density at radius 1 is 1.08 bits per heavy atom. The van der Waals surface area contributed by atoms with Crippen molar-refractivity contribution in [1.29, 1.82) is 0 Å². The minimum atomic E-state index is 0.282. The molecule has 1 fully saturated rings. The van der Waals surface area contributed by atoms with Crippen molar-refractivity contribution in [1.82, 2.24) is 19.6 Å². The highest BCUT2D eigenvalue weighted by molar-refractivity contribution is 6.43. The van der Waals surface area contributed by atoms with Crippen LogP contribution in [-0.4, -0.2) is 32.7 Å². The molecule has 0 bridgehead atoms. The van der Waals surface area contributed by atoms with Gasteiger partial charge < -0.3 is 4.90 Å². The molecule has 0 radical (unpaired) electrons. The number of hydrogen-bond acceptors (Lipinski definition) is 4. The minimum Gasteiger partial charge on any atom is -0.356 e. The zero-order valence-electron chi connectivity index (χ0n) is 13.9. The van der Waals surface area contributed by atoms with Crippen LogP contribution in [0.15, 0.2) is 18.5 Å². The highest BCUT2D eigenvalue weighted by atomic mass is 35.5. The van der Waals surface area contributed by atoms with E-state index in [1.165, 1.54) is 12.7 Å². The molecule has 2 aromatic heterocycles. The number of rotatable bonds is 2. The minimum absolute atomic E-state index is 0.282. The summed E-state index contributed by atoms with van der Waals surface area (Å²) in [4.78, 5) is 10.8. The molecule has 5 nitrogen and oxygen atoms in total. The molecule has 1 aliphatic rings. The number of aromatic nitrogens is 4. The molecule has 3 heterocycles.